The second kappa shape index (κ2) is 4.49. The summed E-state index contributed by atoms with van der Waals surface area (Å²) in [5.41, 5.74) is 5.41. The molecule has 0 saturated carbocycles. The van der Waals surface area contributed by atoms with Crippen LogP contribution in [0.1, 0.15) is 0 Å². The van der Waals surface area contributed by atoms with E-state index < -0.39 is 15.9 Å². The lowest BCUT2D eigenvalue weighted by molar-refractivity contribution is -0.119. The molecule has 0 radical (unpaired) electrons. The fourth-order valence-corrected chi connectivity index (χ4v) is 2.29. The van der Waals surface area contributed by atoms with Gasteiger partial charge in [-0.3, -0.25) is 4.79 Å². The Morgan fingerprint density at radius 3 is 2.69 bits per heavy atom. The lowest BCUT2D eigenvalue weighted by atomic mass is 10.6. The number of anilines is 1. The van der Waals surface area contributed by atoms with Gasteiger partial charge in [-0.25, -0.2) is 18.1 Å². The number of imidazole rings is 1. The number of hydrogen-bond donors (Lipinski definition) is 3. The molecule has 0 spiro atoms. The van der Waals surface area contributed by atoms with Crippen LogP contribution in [0.15, 0.2) is 11.4 Å². The van der Waals surface area contributed by atoms with Crippen LogP contribution in [-0.4, -0.2) is 37.5 Å². The van der Waals surface area contributed by atoms with E-state index in [1.165, 1.54) is 25.0 Å². The predicted molar refractivity (Wildman–Crippen MR) is 56.9 cm³/mol. The molecule has 4 N–H and O–H groups in total. The van der Waals surface area contributed by atoms with Gasteiger partial charge in [-0.1, -0.05) is 0 Å². The highest BCUT2D eigenvalue weighted by Crippen LogP contribution is 2.14. The van der Waals surface area contributed by atoms with Gasteiger partial charge in [-0.2, -0.15) is 0 Å². The third-order valence-electron chi connectivity index (χ3n) is 1.87. The highest BCUT2D eigenvalue weighted by molar-refractivity contribution is 7.89. The average molecular weight is 247 g/mol. The Hall–Kier alpha value is -1.61. The summed E-state index contributed by atoms with van der Waals surface area (Å²) in [5, 5.41) is 2.14. The van der Waals surface area contributed by atoms with Crippen LogP contribution in [0.3, 0.4) is 0 Å². The summed E-state index contributed by atoms with van der Waals surface area (Å²) in [7, 11) is -0.909. The smallest absolute Gasteiger partial charge is 0.260 e. The fourth-order valence-electron chi connectivity index (χ4n) is 1.08. The number of amides is 1. The molecular weight excluding hydrogens is 234 g/mol. The van der Waals surface area contributed by atoms with Gasteiger partial charge in [-0.05, 0) is 0 Å². The van der Waals surface area contributed by atoms with E-state index in [-0.39, 0.29) is 17.4 Å². The van der Waals surface area contributed by atoms with Crippen molar-refractivity contribution in [2.75, 3.05) is 19.3 Å². The van der Waals surface area contributed by atoms with Crippen LogP contribution in [-0.2, 0) is 21.9 Å². The summed E-state index contributed by atoms with van der Waals surface area (Å²) >= 11 is 0. The molecule has 1 aromatic heterocycles. The van der Waals surface area contributed by atoms with Crippen molar-refractivity contribution in [3.63, 3.8) is 0 Å². The molecule has 90 valence electrons. The van der Waals surface area contributed by atoms with E-state index in [0.717, 1.165) is 0 Å². The lowest BCUT2D eigenvalue weighted by Crippen LogP contribution is -2.36. The number of rotatable bonds is 4. The Labute approximate surface area is 92.9 Å². The number of nitrogens with two attached hydrogens (primary N) is 1. The number of nitrogen functional groups attached to an aromatic ring is 1. The number of nitrogens with zero attached hydrogens (tertiary/aromatic N) is 2. The standard InChI is InChI=1S/C7H13N5O3S/c1-9-5(13)3-11-16(14,15)7-6(8)10-4-12(7)2/h4,11H,3,8H2,1-2H3,(H,9,13). The van der Waals surface area contributed by atoms with Gasteiger partial charge in [0, 0.05) is 14.1 Å². The number of carbonyl (C=O) groups excluding carboxylic acids is 1. The first-order valence-electron chi connectivity index (χ1n) is 4.35. The van der Waals surface area contributed by atoms with Crippen LogP contribution in [0.2, 0.25) is 0 Å². The zero-order valence-corrected chi connectivity index (χ0v) is 9.71. The zero-order valence-electron chi connectivity index (χ0n) is 8.89. The molecule has 0 unspecified atom stereocenters. The lowest BCUT2D eigenvalue weighted by Gasteiger charge is -2.06. The SMILES string of the molecule is CNC(=O)CNS(=O)(=O)c1c(N)ncn1C. The third-order valence-corrected chi connectivity index (χ3v) is 3.40. The Bertz CT molecular complexity index is 473. The van der Waals surface area contributed by atoms with Crippen LogP contribution in [0.25, 0.3) is 0 Å². The number of nitrogens with one attached hydrogen (secondary N) is 2. The molecule has 0 fully saturated rings. The van der Waals surface area contributed by atoms with Gasteiger partial charge < -0.3 is 15.6 Å². The largest absolute Gasteiger partial charge is 0.381 e. The van der Waals surface area contributed by atoms with Crippen LogP contribution in [0.5, 0.6) is 0 Å². The van der Waals surface area contributed by atoms with Gasteiger partial charge in [0.2, 0.25) is 5.91 Å². The number of aromatic nitrogens is 2. The molecule has 0 atom stereocenters. The Balaban J connectivity index is 2.91. The summed E-state index contributed by atoms with van der Waals surface area (Å²) < 4.78 is 26.8. The first-order chi connectivity index (χ1) is 7.38. The number of likely N-dealkylation sites (N-methyl/N-ethyl adjacent to an activating group) is 1. The number of aryl methyl sites for hydroxylation is 1. The van der Waals surface area contributed by atoms with Gasteiger partial charge in [0.25, 0.3) is 10.0 Å². The second-order valence-corrected chi connectivity index (χ2v) is 4.73. The predicted octanol–water partition coefficient (Wildman–Crippen LogP) is -1.97. The van der Waals surface area contributed by atoms with Gasteiger partial charge in [0.05, 0.1) is 12.9 Å². The Kier molecular flexibility index (Phi) is 3.50. The highest BCUT2D eigenvalue weighted by atomic mass is 32.2. The monoisotopic (exact) mass is 247 g/mol. The van der Waals surface area contributed by atoms with E-state index in [4.69, 9.17) is 5.73 Å². The van der Waals surface area contributed by atoms with Crippen molar-refractivity contribution in [2.24, 2.45) is 7.05 Å². The molecular formula is C7H13N5O3S. The van der Waals surface area contributed by atoms with E-state index >= 15 is 0 Å². The van der Waals surface area contributed by atoms with E-state index in [2.05, 4.69) is 15.0 Å². The van der Waals surface area contributed by atoms with E-state index in [0.29, 0.717) is 0 Å². The molecule has 8 nitrogen and oxygen atoms in total. The molecule has 9 heteroatoms. The van der Waals surface area contributed by atoms with Crippen LogP contribution >= 0.6 is 0 Å². The van der Waals surface area contributed by atoms with Crippen molar-refractivity contribution in [1.82, 2.24) is 19.6 Å². The molecule has 1 heterocycles. The van der Waals surface area contributed by atoms with Crippen molar-refractivity contribution < 1.29 is 13.2 Å². The number of sulfonamides is 1. The van der Waals surface area contributed by atoms with E-state index in [9.17, 15) is 13.2 Å². The Morgan fingerprint density at radius 1 is 1.62 bits per heavy atom. The zero-order chi connectivity index (χ0) is 12.3. The van der Waals surface area contributed by atoms with E-state index in [1.54, 1.807) is 0 Å². The minimum absolute atomic E-state index is 0.105. The van der Waals surface area contributed by atoms with E-state index in [1.807, 2.05) is 0 Å². The third kappa shape index (κ3) is 2.49. The maximum absolute atomic E-state index is 11.7. The molecule has 0 aromatic carbocycles. The second-order valence-electron chi connectivity index (χ2n) is 3.04. The molecule has 0 aliphatic rings. The van der Waals surface area contributed by atoms with Gasteiger partial charge >= 0.3 is 0 Å². The molecule has 1 aromatic rings. The van der Waals surface area contributed by atoms with Crippen molar-refractivity contribution >= 4 is 21.7 Å². The van der Waals surface area contributed by atoms with Crippen molar-refractivity contribution in [1.29, 1.82) is 0 Å². The molecule has 1 rings (SSSR count). The first kappa shape index (κ1) is 12.5. The summed E-state index contributed by atoms with van der Waals surface area (Å²) in [6.45, 7) is -0.344. The summed E-state index contributed by atoms with van der Waals surface area (Å²) in [4.78, 5) is 14.6. The topological polar surface area (TPSA) is 119 Å². The molecule has 1 amide bonds. The molecule has 16 heavy (non-hydrogen) atoms. The van der Waals surface area contributed by atoms with Crippen molar-refractivity contribution in [3.8, 4) is 0 Å². The number of hydrogen-bond acceptors (Lipinski definition) is 5. The van der Waals surface area contributed by atoms with Gasteiger partial charge in [-0.15, -0.1) is 0 Å². The van der Waals surface area contributed by atoms with Crippen LogP contribution < -0.4 is 15.8 Å². The van der Waals surface area contributed by atoms with Crippen molar-refractivity contribution in [2.45, 2.75) is 5.03 Å². The highest BCUT2D eigenvalue weighted by Gasteiger charge is 2.22. The maximum Gasteiger partial charge on any atom is 0.260 e. The minimum Gasteiger partial charge on any atom is -0.381 e. The van der Waals surface area contributed by atoms with Gasteiger partial charge in [0.15, 0.2) is 10.8 Å². The Morgan fingerprint density at radius 2 is 2.25 bits per heavy atom. The molecule has 0 saturated heterocycles. The van der Waals surface area contributed by atoms with Crippen LogP contribution in [0.4, 0.5) is 5.82 Å². The molecule has 0 aliphatic carbocycles. The fraction of sp³-hybridized carbons (Fsp3) is 0.429. The normalized spacial score (nSPS) is 11.4. The average Bonchev–Trinajstić information content (AvgIpc) is 2.55. The summed E-state index contributed by atoms with van der Waals surface area (Å²) in [6, 6.07) is 0. The number of carbonyl (C=O) groups is 1. The van der Waals surface area contributed by atoms with Gasteiger partial charge in [0.1, 0.15) is 0 Å². The molecule has 0 aliphatic heterocycles. The van der Waals surface area contributed by atoms with Crippen molar-refractivity contribution in [3.05, 3.63) is 6.33 Å². The first-order valence-corrected chi connectivity index (χ1v) is 5.84. The summed E-state index contributed by atoms with van der Waals surface area (Å²) in [6.07, 6.45) is 1.28. The quantitative estimate of drug-likeness (QED) is 0.570. The molecule has 0 bridgehead atoms. The minimum atomic E-state index is -3.82. The maximum atomic E-state index is 11.7. The van der Waals surface area contributed by atoms with Crippen LogP contribution in [0, 0.1) is 0 Å². The summed E-state index contributed by atoms with van der Waals surface area (Å²) in [5.74, 6) is -0.545.